The molecular weight excluding hydrogens is 442 g/mol. The Kier molecular flexibility index (Phi) is 6.35. The molecule has 2 aromatic heterocycles. The SMILES string of the molecule is C[C@H](Sc1nc2sc3c(c2c(=O)n1C[C@@H]1CCCO1)CCC3)C(=O)NCc1ccccc1. The topological polar surface area (TPSA) is 73.2 Å². The summed E-state index contributed by atoms with van der Waals surface area (Å²) < 4.78 is 7.58. The van der Waals surface area contributed by atoms with Crippen LogP contribution in [0.3, 0.4) is 0 Å². The number of fused-ring (bicyclic) bond motifs is 3. The predicted molar refractivity (Wildman–Crippen MR) is 128 cm³/mol. The zero-order valence-electron chi connectivity index (χ0n) is 18.1. The van der Waals surface area contributed by atoms with Crippen molar-refractivity contribution in [1.82, 2.24) is 14.9 Å². The summed E-state index contributed by atoms with van der Waals surface area (Å²) in [5.41, 5.74) is 2.26. The molecule has 3 heterocycles. The molecule has 32 heavy (non-hydrogen) atoms. The maximum absolute atomic E-state index is 13.6. The van der Waals surface area contributed by atoms with Gasteiger partial charge in [0.15, 0.2) is 5.16 Å². The molecule has 8 heteroatoms. The standard InChI is InChI=1S/C24H27N3O3S2/c1-15(21(28)25-13-16-7-3-2-4-8-16)31-24-26-22-20(18-10-5-11-19(18)32-22)23(29)27(24)14-17-9-6-12-30-17/h2-4,7-8,15,17H,5-6,9-14H2,1H3,(H,25,28)/t15-,17-/m0/s1. The third-order valence-electron chi connectivity index (χ3n) is 6.16. The number of hydrogen-bond acceptors (Lipinski definition) is 6. The molecule has 3 aromatic rings. The lowest BCUT2D eigenvalue weighted by molar-refractivity contribution is -0.120. The number of rotatable bonds is 7. The average molecular weight is 470 g/mol. The number of amides is 1. The van der Waals surface area contributed by atoms with Crippen molar-refractivity contribution in [2.75, 3.05) is 6.61 Å². The molecule has 168 valence electrons. The Morgan fingerprint density at radius 1 is 1.31 bits per heavy atom. The summed E-state index contributed by atoms with van der Waals surface area (Å²) in [6.07, 6.45) is 5.09. The summed E-state index contributed by atoms with van der Waals surface area (Å²) in [4.78, 5) is 33.3. The second kappa shape index (κ2) is 9.37. The van der Waals surface area contributed by atoms with Crippen LogP contribution in [0, 0.1) is 0 Å². The number of nitrogens with one attached hydrogen (secondary N) is 1. The molecule has 0 radical (unpaired) electrons. The number of carbonyl (C=O) groups is 1. The van der Waals surface area contributed by atoms with Crippen molar-refractivity contribution < 1.29 is 9.53 Å². The summed E-state index contributed by atoms with van der Waals surface area (Å²) >= 11 is 3.00. The fraction of sp³-hybridized carbons (Fsp3) is 0.458. The first-order valence-corrected chi connectivity index (χ1v) is 12.9. The van der Waals surface area contributed by atoms with Crippen LogP contribution in [0.2, 0.25) is 0 Å². The molecule has 0 bridgehead atoms. The number of aromatic nitrogens is 2. The Bertz CT molecular complexity index is 1180. The van der Waals surface area contributed by atoms with Gasteiger partial charge < -0.3 is 10.1 Å². The van der Waals surface area contributed by atoms with Crippen LogP contribution in [0.5, 0.6) is 0 Å². The van der Waals surface area contributed by atoms with Crippen molar-refractivity contribution in [3.8, 4) is 0 Å². The van der Waals surface area contributed by atoms with E-state index in [1.165, 1.54) is 22.2 Å². The molecule has 2 atom stereocenters. The van der Waals surface area contributed by atoms with Gasteiger partial charge in [-0.3, -0.25) is 14.2 Å². The van der Waals surface area contributed by atoms with Crippen LogP contribution in [-0.4, -0.2) is 33.4 Å². The molecule has 1 saturated heterocycles. The van der Waals surface area contributed by atoms with E-state index in [0.717, 1.165) is 54.5 Å². The molecule has 2 aliphatic rings. The van der Waals surface area contributed by atoms with Crippen LogP contribution in [0.15, 0.2) is 40.3 Å². The second-order valence-electron chi connectivity index (χ2n) is 8.45. The quantitative estimate of drug-likeness (QED) is 0.419. The monoisotopic (exact) mass is 469 g/mol. The third kappa shape index (κ3) is 4.36. The van der Waals surface area contributed by atoms with Gasteiger partial charge in [-0.1, -0.05) is 42.1 Å². The molecule has 5 rings (SSSR count). The molecule has 0 spiro atoms. The Morgan fingerprint density at radius 3 is 2.94 bits per heavy atom. The molecule has 1 aromatic carbocycles. The van der Waals surface area contributed by atoms with Crippen LogP contribution < -0.4 is 10.9 Å². The highest BCUT2D eigenvalue weighted by molar-refractivity contribution is 8.00. The highest BCUT2D eigenvalue weighted by atomic mass is 32.2. The van der Waals surface area contributed by atoms with Gasteiger partial charge in [-0.25, -0.2) is 4.98 Å². The Morgan fingerprint density at radius 2 is 2.16 bits per heavy atom. The minimum atomic E-state index is -0.370. The van der Waals surface area contributed by atoms with Crippen molar-refractivity contribution in [2.45, 2.75) is 68.6 Å². The maximum Gasteiger partial charge on any atom is 0.263 e. The van der Waals surface area contributed by atoms with E-state index in [2.05, 4.69) is 5.32 Å². The fourth-order valence-corrected chi connectivity index (χ4v) is 6.69. The van der Waals surface area contributed by atoms with Gasteiger partial charge in [-0.15, -0.1) is 11.3 Å². The zero-order valence-corrected chi connectivity index (χ0v) is 19.8. The van der Waals surface area contributed by atoms with Crippen LogP contribution in [-0.2, 0) is 35.5 Å². The third-order valence-corrected chi connectivity index (χ3v) is 8.44. The predicted octanol–water partition coefficient (Wildman–Crippen LogP) is 3.92. The van der Waals surface area contributed by atoms with E-state index in [1.807, 2.05) is 37.3 Å². The molecular formula is C24H27N3O3S2. The Balaban J connectivity index is 1.41. The number of nitrogens with zero attached hydrogens (tertiary/aromatic N) is 2. The first-order chi connectivity index (χ1) is 15.6. The van der Waals surface area contributed by atoms with E-state index < -0.39 is 0 Å². The summed E-state index contributed by atoms with van der Waals surface area (Å²) in [6, 6.07) is 9.85. The lowest BCUT2D eigenvalue weighted by atomic mass is 10.2. The maximum atomic E-state index is 13.6. The fourth-order valence-electron chi connectivity index (χ4n) is 4.44. The molecule has 1 N–H and O–H groups in total. The van der Waals surface area contributed by atoms with Crippen LogP contribution in [0.1, 0.15) is 42.2 Å². The highest BCUT2D eigenvalue weighted by Crippen LogP contribution is 2.36. The molecule has 0 unspecified atom stereocenters. The van der Waals surface area contributed by atoms with Crippen LogP contribution in [0.25, 0.3) is 10.2 Å². The van der Waals surface area contributed by atoms with E-state index in [1.54, 1.807) is 15.9 Å². The van der Waals surface area contributed by atoms with E-state index in [-0.39, 0.29) is 22.8 Å². The average Bonchev–Trinajstić information content (AvgIpc) is 3.53. The summed E-state index contributed by atoms with van der Waals surface area (Å²) in [7, 11) is 0. The Hall–Kier alpha value is -2.16. The van der Waals surface area contributed by atoms with E-state index in [9.17, 15) is 9.59 Å². The van der Waals surface area contributed by atoms with Crippen molar-refractivity contribution in [3.63, 3.8) is 0 Å². The van der Waals surface area contributed by atoms with Crippen molar-refractivity contribution in [3.05, 3.63) is 56.7 Å². The lowest BCUT2D eigenvalue weighted by Crippen LogP contribution is -2.33. The minimum Gasteiger partial charge on any atom is -0.376 e. The normalized spacial score (nSPS) is 18.7. The van der Waals surface area contributed by atoms with Gasteiger partial charge in [0, 0.05) is 18.0 Å². The number of thioether (sulfide) groups is 1. The second-order valence-corrected chi connectivity index (χ2v) is 10.8. The van der Waals surface area contributed by atoms with Crippen LogP contribution >= 0.6 is 23.1 Å². The van der Waals surface area contributed by atoms with Gasteiger partial charge in [0.1, 0.15) is 4.83 Å². The summed E-state index contributed by atoms with van der Waals surface area (Å²) in [6.45, 7) is 3.58. The van der Waals surface area contributed by atoms with E-state index >= 15 is 0 Å². The number of aryl methyl sites for hydroxylation is 2. The summed E-state index contributed by atoms with van der Waals surface area (Å²) in [5.74, 6) is -0.0643. The van der Waals surface area contributed by atoms with Gasteiger partial charge in [-0.2, -0.15) is 0 Å². The number of ether oxygens (including phenoxy) is 1. The van der Waals surface area contributed by atoms with Crippen molar-refractivity contribution >= 4 is 39.2 Å². The van der Waals surface area contributed by atoms with Crippen molar-refractivity contribution in [1.29, 1.82) is 0 Å². The first-order valence-electron chi connectivity index (χ1n) is 11.2. The van der Waals surface area contributed by atoms with Gasteiger partial charge >= 0.3 is 0 Å². The van der Waals surface area contributed by atoms with Gasteiger partial charge in [0.25, 0.3) is 5.56 Å². The minimum absolute atomic E-state index is 0.0179. The van der Waals surface area contributed by atoms with Gasteiger partial charge in [0.2, 0.25) is 5.91 Å². The molecule has 1 aliphatic carbocycles. The molecule has 0 saturated carbocycles. The number of thiophene rings is 1. The van der Waals surface area contributed by atoms with Crippen molar-refractivity contribution in [2.24, 2.45) is 0 Å². The number of hydrogen-bond donors (Lipinski definition) is 1. The van der Waals surface area contributed by atoms with E-state index in [0.29, 0.717) is 18.2 Å². The smallest absolute Gasteiger partial charge is 0.263 e. The lowest BCUT2D eigenvalue weighted by Gasteiger charge is -2.18. The molecule has 1 fully saturated rings. The number of benzene rings is 1. The van der Waals surface area contributed by atoms with E-state index in [4.69, 9.17) is 9.72 Å². The first kappa shape index (κ1) is 21.7. The summed E-state index contributed by atoms with van der Waals surface area (Å²) in [5, 5.41) is 4.02. The largest absolute Gasteiger partial charge is 0.376 e. The molecule has 1 amide bonds. The molecule has 6 nitrogen and oxygen atoms in total. The van der Waals surface area contributed by atoms with Crippen LogP contribution in [0.4, 0.5) is 0 Å². The zero-order chi connectivity index (χ0) is 22.1. The molecule has 1 aliphatic heterocycles. The number of carbonyl (C=O) groups excluding carboxylic acids is 1. The Labute approximate surface area is 195 Å². The van der Waals surface area contributed by atoms with Gasteiger partial charge in [0.05, 0.1) is 23.3 Å². The highest BCUT2D eigenvalue weighted by Gasteiger charge is 2.27. The van der Waals surface area contributed by atoms with Gasteiger partial charge in [-0.05, 0) is 50.2 Å².